The van der Waals surface area contributed by atoms with Gasteiger partial charge in [0.15, 0.2) is 0 Å². The van der Waals surface area contributed by atoms with Crippen LogP contribution in [0.15, 0.2) is 0 Å². The standard InChI is InChI=1S/C6H12BrNS/c7-2-3-8-6-1-4-9-5-6/h6,8H,1-5H2. The Bertz CT molecular complexity index is 73.5. The van der Waals surface area contributed by atoms with Gasteiger partial charge in [-0.2, -0.15) is 11.8 Å². The van der Waals surface area contributed by atoms with Crippen molar-refractivity contribution in [3.05, 3.63) is 0 Å². The first-order chi connectivity index (χ1) is 4.43. The minimum Gasteiger partial charge on any atom is -0.312 e. The molecular weight excluding hydrogens is 198 g/mol. The molecule has 0 aromatic carbocycles. The lowest BCUT2D eigenvalue weighted by Gasteiger charge is -2.07. The van der Waals surface area contributed by atoms with E-state index in [4.69, 9.17) is 0 Å². The van der Waals surface area contributed by atoms with Crippen LogP contribution in [0.4, 0.5) is 0 Å². The Morgan fingerprint density at radius 1 is 1.67 bits per heavy atom. The number of alkyl halides is 1. The zero-order chi connectivity index (χ0) is 6.53. The molecule has 1 heterocycles. The van der Waals surface area contributed by atoms with E-state index in [2.05, 4.69) is 33.0 Å². The number of halogens is 1. The fourth-order valence-corrected chi connectivity index (χ4v) is 2.37. The van der Waals surface area contributed by atoms with Gasteiger partial charge in [0.1, 0.15) is 0 Å². The second-order valence-electron chi connectivity index (χ2n) is 2.20. The molecule has 0 saturated carbocycles. The van der Waals surface area contributed by atoms with Crippen LogP contribution in [0, 0.1) is 0 Å². The maximum atomic E-state index is 3.46. The van der Waals surface area contributed by atoms with Crippen molar-refractivity contribution >= 4 is 27.7 Å². The molecule has 1 rings (SSSR count). The molecule has 1 atom stereocenters. The Labute approximate surface area is 69.1 Å². The first kappa shape index (κ1) is 7.89. The highest BCUT2D eigenvalue weighted by molar-refractivity contribution is 9.09. The third-order valence-corrected chi connectivity index (χ3v) is 3.02. The summed E-state index contributed by atoms with van der Waals surface area (Å²) in [5.74, 6) is 2.66. The van der Waals surface area contributed by atoms with E-state index in [1.54, 1.807) is 0 Å². The van der Waals surface area contributed by atoms with E-state index in [0.29, 0.717) is 0 Å². The van der Waals surface area contributed by atoms with Crippen molar-refractivity contribution in [3.63, 3.8) is 0 Å². The second kappa shape index (κ2) is 4.58. The largest absolute Gasteiger partial charge is 0.312 e. The molecule has 1 saturated heterocycles. The van der Waals surface area contributed by atoms with Crippen LogP contribution in [0.1, 0.15) is 6.42 Å². The summed E-state index contributed by atoms with van der Waals surface area (Å²) in [6.07, 6.45) is 1.36. The molecule has 1 unspecified atom stereocenters. The summed E-state index contributed by atoms with van der Waals surface area (Å²) in [6.45, 7) is 1.12. The molecule has 0 spiro atoms. The van der Waals surface area contributed by atoms with Gasteiger partial charge in [0.05, 0.1) is 0 Å². The Hall–Kier alpha value is 0.790. The number of rotatable bonds is 3. The fourth-order valence-electron chi connectivity index (χ4n) is 0.954. The molecule has 9 heavy (non-hydrogen) atoms. The van der Waals surface area contributed by atoms with E-state index in [9.17, 15) is 0 Å². The molecule has 0 aliphatic carbocycles. The topological polar surface area (TPSA) is 12.0 Å². The zero-order valence-corrected chi connectivity index (χ0v) is 7.80. The van der Waals surface area contributed by atoms with Crippen LogP contribution in [0.25, 0.3) is 0 Å². The SMILES string of the molecule is BrCCNC1CCSC1. The fraction of sp³-hybridized carbons (Fsp3) is 1.00. The summed E-state index contributed by atoms with van der Waals surface area (Å²) in [4.78, 5) is 0. The highest BCUT2D eigenvalue weighted by Crippen LogP contribution is 2.16. The number of hydrogen-bond donors (Lipinski definition) is 1. The predicted octanol–water partition coefficient (Wildman–Crippen LogP) is 1.48. The van der Waals surface area contributed by atoms with Crippen LogP contribution in [-0.2, 0) is 0 Å². The van der Waals surface area contributed by atoms with E-state index in [1.807, 2.05) is 0 Å². The lowest BCUT2D eigenvalue weighted by Crippen LogP contribution is -2.29. The monoisotopic (exact) mass is 209 g/mol. The minimum atomic E-state index is 0.799. The van der Waals surface area contributed by atoms with Crippen molar-refractivity contribution in [1.82, 2.24) is 5.32 Å². The van der Waals surface area contributed by atoms with Crippen LogP contribution >= 0.6 is 27.7 Å². The highest BCUT2D eigenvalue weighted by Gasteiger charge is 2.13. The molecule has 1 aliphatic rings. The van der Waals surface area contributed by atoms with Gasteiger partial charge in [0, 0.05) is 23.7 Å². The molecule has 0 amide bonds. The Morgan fingerprint density at radius 2 is 2.56 bits per heavy atom. The molecule has 54 valence electrons. The average molecular weight is 210 g/mol. The summed E-state index contributed by atoms with van der Waals surface area (Å²) in [6, 6.07) is 0.799. The molecule has 0 radical (unpaired) electrons. The van der Waals surface area contributed by atoms with Crippen LogP contribution < -0.4 is 5.32 Å². The van der Waals surface area contributed by atoms with Gasteiger partial charge in [-0.05, 0) is 12.2 Å². The van der Waals surface area contributed by atoms with E-state index >= 15 is 0 Å². The first-order valence-corrected chi connectivity index (χ1v) is 5.58. The van der Waals surface area contributed by atoms with Gasteiger partial charge in [-0.1, -0.05) is 15.9 Å². The zero-order valence-electron chi connectivity index (χ0n) is 5.40. The lowest BCUT2D eigenvalue weighted by molar-refractivity contribution is 0.582. The molecule has 1 aliphatic heterocycles. The molecule has 0 aromatic heterocycles. The van der Waals surface area contributed by atoms with Gasteiger partial charge >= 0.3 is 0 Å². The van der Waals surface area contributed by atoms with Crippen molar-refractivity contribution in [2.75, 3.05) is 23.4 Å². The smallest absolute Gasteiger partial charge is 0.0166 e. The average Bonchev–Trinajstić information content (AvgIpc) is 2.34. The van der Waals surface area contributed by atoms with E-state index in [-0.39, 0.29) is 0 Å². The second-order valence-corrected chi connectivity index (χ2v) is 4.15. The van der Waals surface area contributed by atoms with E-state index < -0.39 is 0 Å². The molecule has 0 bridgehead atoms. The normalized spacial score (nSPS) is 27.0. The van der Waals surface area contributed by atoms with E-state index in [0.717, 1.165) is 17.9 Å². The Kier molecular flexibility index (Phi) is 4.02. The van der Waals surface area contributed by atoms with Gasteiger partial charge in [-0.15, -0.1) is 0 Å². The minimum absolute atomic E-state index is 0.799. The van der Waals surface area contributed by atoms with Gasteiger partial charge in [0.2, 0.25) is 0 Å². The molecular formula is C6H12BrNS. The van der Waals surface area contributed by atoms with Crippen LogP contribution in [0.2, 0.25) is 0 Å². The van der Waals surface area contributed by atoms with E-state index in [1.165, 1.54) is 17.9 Å². The Balaban J connectivity index is 1.98. The number of hydrogen-bond acceptors (Lipinski definition) is 2. The summed E-state index contributed by atoms with van der Waals surface area (Å²) < 4.78 is 0. The van der Waals surface area contributed by atoms with Crippen LogP contribution in [-0.4, -0.2) is 29.4 Å². The maximum absolute atomic E-state index is 3.46. The quantitative estimate of drug-likeness (QED) is 0.708. The number of thioether (sulfide) groups is 1. The summed E-state index contributed by atoms with van der Waals surface area (Å²) >= 11 is 5.44. The lowest BCUT2D eigenvalue weighted by atomic mass is 10.3. The summed E-state index contributed by atoms with van der Waals surface area (Å²) in [5, 5.41) is 4.54. The third kappa shape index (κ3) is 2.92. The molecule has 1 fully saturated rings. The van der Waals surface area contributed by atoms with Gasteiger partial charge in [-0.3, -0.25) is 0 Å². The van der Waals surface area contributed by atoms with Crippen molar-refractivity contribution in [3.8, 4) is 0 Å². The predicted molar refractivity (Wildman–Crippen MR) is 47.5 cm³/mol. The molecule has 1 N–H and O–H groups in total. The van der Waals surface area contributed by atoms with Crippen molar-refractivity contribution in [2.45, 2.75) is 12.5 Å². The maximum Gasteiger partial charge on any atom is 0.0166 e. The van der Waals surface area contributed by atoms with Crippen LogP contribution in [0.3, 0.4) is 0 Å². The van der Waals surface area contributed by atoms with Crippen molar-refractivity contribution in [2.24, 2.45) is 0 Å². The third-order valence-electron chi connectivity index (χ3n) is 1.46. The Morgan fingerprint density at radius 3 is 3.11 bits per heavy atom. The van der Waals surface area contributed by atoms with Crippen LogP contribution in [0.5, 0.6) is 0 Å². The first-order valence-electron chi connectivity index (χ1n) is 3.30. The van der Waals surface area contributed by atoms with Gasteiger partial charge in [0.25, 0.3) is 0 Å². The van der Waals surface area contributed by atoms with Crippen molar-refractivity contribution < 1.29 is 0 Å². The molecule has 3 heteroatoms. The molecule has 0 aromatic rings. The highest BCUT2D eigenvalue weighted by atomic mass is 79.9. The van der Waals surface area contributed by atoms with Crippen molar-refractivity contribution in [1.29, 1.82) is 0 Å². The summed E-state index contributed by atoms with van der Waals surface area (Å²) in [5.41, 5.74) is 0. The summed E-state index contributed by atoms with van der Waals surface area (Å²) in [7, 11) is 0. The van der Waals surface area contributed by atoms with Gasteiger partial charge < -0.3 is 5.32 Å². The van der Waals surface area contributed by atoms with Gasteiger partial charge in [-0.25, -0.2) is 0 Å². The number of nitrogens with one attached hydrogen (secondary N) is 1. The molecule has 1 nitrogen and oxygen atoms in total.